The van der Waals surface area contributed by atoms with E-state index in [0.717, 1.165) is 28.7 Å². The summed E-state index contributed by atoms with van der Waals surface area (Å²) >= 11 is 0. The topological polar surface area (TPSA) is 48.5 Å². The van der Waals surface area contributed by atoms with E-state index in [4.69, 9.17) is 15.0 Å². The second-order valence-electron chi connectivity index (χ2n) is 11.3. The molecule has 0 unspecified atom stereocenters. The quantitative estimate of drug-likeness (QED) is 0.205. The summed E-state index contributed by atoms with van der Waals surface area (Å²) in [7, 11) is 0. The highest BCUT2D eigenvalue weighted by Gasteiger charge is 2.18. The summed E-state index contributed by atoms with van der Waals surface area (Å²) in [6.45, 7) is 0.769. The molecule has 0 atom stereocenters. The Kier molecular flexibility index (Phi) is 5.81. The lowest BCUT2D eigenvalue weighted by Gasteiger charge is -2.11. The van der Waals surface area contributed by atoms with Crippen LogP contribution in [0.25, 0.3) is 72.3 Å². The predicted octanol–water partition coefficient (Wildman–Crippen LogP) is 9.46. The lowest BCUT2D eigenvalue weighted by atomic mass is 10.1. The third kappa shape index (κ3) is 4.20. The van der Waals surface area contributed by atoms with Gasteiger partial charge in [-0.15, -0.1) is 0 Å². The van der Waals surface area contributed by atoms with Crippen LogP contribution in [-0.4, -0.2) is 24.1 Å². The molecule has 0 saturated heterocycles. The van der Waals surface area contributed by atoms with Crippen molar-refractivity contribution in [1.29, 1.82) is 0 Å². The summed E-state index contributed by atoms with van der Waals surface area (Å²) in [4.78, 5) is 15.0. The van der Waals surface area contributed by atoms with Crippen LogP contribution in [0.15, 0.2) is 152 Å². The van der Waals surface area contributed by atoms with Gasteiger partial charge in [0.25, 0.3) is 0 Å². The number of benzene rings is 6. The first-order valence-electron chi connectivity index (χ1n) is 15.2. The van der Waals surface area contributed by atoms with Crippen LogP contribution < -0.4 is 0 Å². The Morgan fingerprint density at radius 3 is 1.44 bits per heavy atom. The maximum Gasteiger partial charge on any atom is 0.238 e. The molecule has 0 saturated carbocycles. The number of para-hydroxylation sites is 3. The van der Waals surface area contributed by atoms with Crippen molar-refractivity contribution >= 4 is 43.6 Å². The highest BCUT2D eigenvalue weighted by Crippen LogP contribution is 2.34. The smallest absolute Gasteiger partial charge is 0.238 e. The van der Waals surface area contributed by atoms with Crippen molar-refractivity contribution < 1.29 is 0 Å². The molecule has 9 aromatic rings. The van der Waals surface area contributed by atoms with Gasteiger partial charge < -0.3 is 4.57 Å². The first-order valence-corrected chi connectivity index (χ1v) is 15.2. The van der Waals surface area contributed by atoms with E-state index in [-0.39, 0.29) is 0 Å². The predicted molar refractivity (Wildman–Crippen MR) is 184 cm³/mol. The van der Waals surface area contributed by atoms with Gasteiger partial charge in [0.1, 0.15) is 0 Å². The molecule has 0 N–H and O–H groups in total. The summed E-state index contributed by atoms with van der Waals surface area (Å²) in [5, 5.41) is 4.90. The molecule has 5 heteroatoms. The van der Waals surface area contributed by atoms with Gasteiger partial charge in [0, 0.05) is 50.2 Å². The molecular weight excluding hydrogens is 550 g/mol. The van der Waals surface area contributed by atoms with E-state index >= 15 is 0 Å². The molecular formula is C40H27N5. The van der Waals surface area contributed by atoms with E-state index in [0.29, 0.717) is 17.6 Å². The maximum absolute atomic E-state index is 5.06. The number of fused-ring (bicyclic) bond motifs is 6. The van der Waals surface area contributed by atoms with Gasteiger partial charge in [-0.25, -0.2) is 4.98 Å². The van der Waals surface area contributed by atoms with Gasteiger partial charge in [-0.3, -0.25) is 4.57 Å². The van der Waals surface area contributed by atoms with Gasteiger partial charge in [0.05, 0.1) is 11.0 Å². The summed E-state index contributed by atoms with van der Waals surface area (Å²) in [5.74, 6) is 1.89. The molecule has 212 valence electrons. The van der Waals surface area contributed by atoms with E-state index in [9.17, 15) is 0 Å². The SMILES string of the molecule is c1ccc(-c2nc(-c3ccccc3)nc(-n3c4ccccc4c4cc(Cn5c6ccccc6c6ccccc65)ccc43)n2)cc1. The van der Waals surface area contributed by atoms with E-state index in [1.807, 2.05) is 60.7 Å². The molecule has 0 radical (unpaired) electrons. The molecule has 0 aliphatic rings. The second kappa shape index (κ2) is 10.3. The first kappa shape index (κ1) is 25.4. The lowest BCUT2D eigenvalue weighted by Crippen LogP contribution is -2.06. The molecule has 45 heavy (non-hydrogen) atoms. The summed E-state index contributed by atoms with van der Waals surface area (Å²) < 4.78 is 4.60. The van der Waals surface area contributed by atoms with Gasteiger partial charge in [0.2, 0.25) is 5.95 Å². The number of nitrogens with zero attached hydrogens (tertiary/aromatic N) is 5. The Labute approximate surface area is 259 Å². The fourth-order valence-corrected chi connectivity index (χ4v) is 6.59. The normalized spacial score (nSPS) is 11.6. The number of hydrogen-bond donors (Lipinski definition) is 0. The molecule has 0 aliphatic heterocycles. The minimum atomic E-state index is 0.601. The summed E-state index contributed by atoms with van der Waals surface area (Å²) in [6.07, 6.45) is 0. The molecule has 0 spiro atoms. The van der Waals surface area contributed by atoms with Crippen LogP contribution in [0.5, 0.6) is 0 Å². The minimum Gasteiger partial charge on any atom is -0.336 e. The van der Waals surface area contributed by atoms with Gasteiger partial charge in [-0.2, -0.15) is 9.97 Å². The van der Waals surface area contributed by atoms with Crippen LogP contribution >= 0.6 is 0 Å². The zero-order valence-electron chi connectivity index (χ0n) is 24.4. The number of aromatic nitrogens is 5. The van der Waals surface area contributed by atoms with Crippen LogP contribution in [0.1, 0.15) is 5.56 Å². The van der Waals surface area contributed by atoms with Crippen molar-refractivity contribution in [2.45, 2.75) is 6.54 Å². The number of hydrogen-bond acceptors (Lipinski definition) is 3. The Balaban J connectivity index is 1.25. The van der Waals surface area contributed by atoms with Crippen molar-refractivity contribution in [3.8, 4) is 28.7 Å². The third-order valence-corrected chi connectivity index (χ3v) is 8.65. The zero-order valence-corrected chi connectivity index (χ0v) is 24.4. The molecule has 0 fully saturated rings. The third-order valence-electron chi connectivity index (χ3n) is 8.65. The van der Waals surface area contributed by atoms with Gasteiger partial charge in [-0.1, -0.05) is 121 Å². The Morgan fingerprint density at radius 1 is 0.400 bits per heavy atom. The first-order chi connectivity index (χ1) is 22.3. The molecule has 0 bridgehead atoms. The number of rotatable bonds is 5. The van der Waals surface area contributed by atoms with Gasteiger partial charge in [0.15, 0.2) is 11.6 Å². The Hall–Kier alpha value is -6.07. The highest BCUT2D eigenvalue weighted by atomic mass is 15.2. The standard InChI is InChI=1S/C40H27N5/c1-3-13-28(14-4-1)38-41-39(29-15-5-2-6-16-29)43-40(42-38)45-36-22-12-9-19-32(36)33-25-27(23-24-37(33)45)26-44-34-20-10-7-17-30(34)31-18-8-11-21-35(31)44/h1-25H,26H2. The average Bonchev–Trinajstić information content (AvgIpc) is 3.61. The minimum absolute atomic E-state index is 0.601. The van der Waals surface area contributed by atoms with Crippen LogP contribution in [0.4, 0.5) is 0 Å². The molecule has 3 heterocycles. The van der Waals surface area contributed by atoms with Crippen LogP contribution in [0.2, 0.25) is 0 Å². The molecule has 0 amide bonds. The Bertz CT molecular complexity index is 2400. The van der Waals surface area contributed by atoms with Crippen molar-refractivity contribution in [2.75, 3.05) is 0 Å². The van der Waals surface area contributed by atoms with Crippen molar-refractivity contribution in [1.82, 2.24) is 24.1 Å². The van der Waals surface area contributed by atoms with Gasteiger partial charge >= 0.3 is 0 Å². The molecule has 3 aromatic heterocycles. The summed E-state index contributed by atoms with van der Waals surface area (Å²) in [6, 6.07) is 52.9. The lowest BCUT2D eigenvalue weighted by molar-refractivity contribution is 0.870. The zero-order chi connectivity index (χ0) is 29.7. The van der Waals surface area contributed by atoms with E-state index in [1.165, 1.54) is 38.1 Å². The largest absolute Gasteiger partial charge is 0.336 e. The molecule has 0 aliphatic carbocycles. The van der Waals surface area contributed by atoms with Crippen molar-refractivity contribution in [3.05, 3.63) is 157 Å². The van der Waals surface area contributed by atoms with Crippen molar-refractivity contribution in [3.63, 3.8) is 0 Å². The van der Waals surface area contributed by atoms with Crippen LogP contribution in [0, 0.1) is 0 Å². The van der Waals surface area contributed by atoms with Crippen LogP contribution in [0.3, 0.4) is 0 Å². The molecule has 6 aromatic carbocycles. The highest BCUT2D eigenvalue weighted by molar-refractivity contribution is 6.10. The average molecular weight is 578 g/mol. The fraction of sp³-hybridized carbons (Fsp3) is 0.0250. The van der Waals surface area contributed by atoms with E-state index in [1.54, 1.807) is 0 Å². The van der Waals surface area contributed by atoms with Crippen LogP contribution in [-0.2, 0) is 6.54 Å². The van der Waals surface area contributed by atoms with Gasteiger partial charge in [-0.05, 0) is 35.9 Å². The second-order valence-corrected chi connectivity index (χ2v) is 11.3. The monoisotopic (exact) mass is 577 g/mol. The molecule has 9 rings (SSSR count). The van der Waals surface area contributed by atoms with E-state index in [2.05, 4.69) is 100 Å². The molecule has 5 nitrogen and oxygen atoms in total. The van der Waals surface area contributed by atoms with E-state index < -0.39 is 0 Å². The fourth-order valence-electron chi connectivity index (χ4n) is 6.59. The van der Waals surface area contributed by atoms with Crippen molar-refractivity contribution in [2.24, 2.45) is 0 Å². The summed E-state index contributed by atoms with van der Waals surface area (Å²) in [5.41, 5.74) is 7.75. The maximum atomic E-state index is 5.06. The Morgan fingerprint density at radius 2 is 0.867 bits per heavy atom.